The molecule has 4 rings (SSSR count). The lowest BCUT2D eigenvalue weighted by Crippen LogP contribution is -2.10. The molecule has 0 unspecified atom stereocenters. The van der Waals surface area contributed by atoms with Gasteiger partial charge < -0.3 is 4.57 Å². The number of alkyl halides is 3. The molecule has 0 aliphatic carbocycles. The highest BCUT2D eigenvalue weighted by atomic mass is 19.4. The van der Waals surface area contributed by atoms with Crippen molar-refractivity contribution in [1.29, 1.82) is 0 Å². The van der Waals surface area contributed by atoms with E-state index in [2.05, 4.69) is 4.98 Å². The number of halogens is 3. The van der Waals surface area contributed by atoms with E-state index < -0.39 is 11.7 Å². The number of hydrogen-bond donors (Lipinski definition) is 0. The summed E-state index contributed by atoms with van der Waals surface area (Å²) in [5.41, 5.74) is 2.70. The van der Waals surface area contributed by atoms with Crippen molar-refractivity contribution in [3.05, 3.63) is 53.6 Å². The lowest BCUT2D eigenvalue weighted by Gasteiger charge is -2.18. The third-order valence-electron chi connectivity index (χ3n) is 3.94. The minimum absolute atomic E-state index is 0.400. The van der Waals surface area contributed by atoms with Crippen LogP contribution in [0.1, 0.15) is 11.1 Å². The molecule has 1 aromatic heterocycles. The number of hydrogen-bond acceptors (Lipinski definition) is 1. The second kappa shape index (κ2) is 4.10. The van der Waals surface area contributed by atoms with Crippen LogP contribution in [0.15, 0.2) is 42.5 Å². The second-order valence-electron chi connectivity index (χ2n) is 5.20. The number of benzene rings is 2. The fourth-order valence-corrected chi connectivity index (χ4v) is 2.93. The van der Waals surface area contributed by atoms with Gasteiger partial charge in [0.15, 0.2) is 0 Å². The first kappa shape index (κ1) is 12.4. The third-order valence-corrected chi connectivity index (χ3v) is 3.94. The molecule has 0 radical (unpaired) electrons. The van der Waals surface area contributed by atoms with E-state index in [9.17, 15) is 13.2 Å². The lowest BCUT2D eigenvalue weighted by atomic mass is 10.0. The van der Waals surface area contributed by atoms with Crippen molar-refractivity contribution in [3.63, 3.8) is 0 Å². The minimum Gasteiger partial charge on any atom is -0.324 e. The second-order valence-corrected chi connectivity index (χ2v) is 5.20. The molecule has 3 aromatic rings. The summed E-state index contributed by atoms with van der Waals surface area (Å²) in [6.45, 7) is 0.744. The Morgan fingerprint density at radius 2 is 1.86 bits per heavy atom. The lowest BCUT2D eigenvalue weighted by molar-refractivity contribution is -0.137. The maximum atomic E-state index is 12.8. The number of fused-ring (bicyclic) bond motifs is 5. The summed E-state index contributed by atoms with van der Waals surface area (Å²) in [6.07, 6.45) is -3.47. The van der Waals surface area contributed by atoms with Crippen LogP contribution in [0.25, 0.3) is 22.4 Å². The van der Waals surface area contributed by atoms with Gasteiger partial charge >= 0.3 is 6.18 Å². The Kier molecular flexibility index (Phi) is 2.43. The SMILES string of the molecule is FC(F)(F)c1ccc2c(c1)nc1n2CCc2ccccc2-1. The largest absolute Gasteiger partial charge is 0.416 e. The van der Waals surface area contributed by atoms with Crippen LogP contribution in [0.2, 0.25) is 0 Å². The first-order valence-electron chi connectivity index (χ1n) is 6.70. The molecule has 0 N–H and O–H groups in total. The highest BCUT2D eigenvalue weighted by Gasteiger charge is 2.31. The van der Waals surface area contributed by atoms with E-state index in [-0.39, 0.29) is 0 Å². The molecule has 0 spiro atoms. The molecular formula is C16H11F3N2. The molecule has 0 bridgehead atoms. The van der Waals surface area contributed by atoms with Crippen LogP contribution in [-0.2, 0) is 19.1 Å². The van der Waals surface area contributed by atoms with Gasteiger partial charge in [-0.25, -0.2) is 4.98 Å². The van der Waals surface area contributed by atoms with Crippen molar-refractivity contribution in [2.45, 2.75) is 19.1 Å². The van der Waals surface area contributed by atoms with Crippen LogP contribution in [-0.4, -0.2) is 9.55 Å². The first-order valence-corrected chi connectivity index (χ1v) is 6.70. The van der Waals surface area contributed by atoms with E-state index >= 15 is 0 Å². The van der Waals surface area contributed by atoms with E-state index in [0.29, 0.717) is 5.52 Å². The average molecular weight is 288 g/mol. The van der Waals surface area contributed by atoms with Gasteiger partial charge in [0, 0.05) is 12.1 Å². The zero-order valence-electron chi connectivity index (χ0n) is 11.0. The number of nitrogens with zero attached hydrogens (tertiary/aromatic N) is 2. The van der Waals surface area contributed by atoms with Crippen LogP contribution < -0.4 is 0 Å². The van der Waals surface area contributed by atoms with Crippen LogP contribution in [0, 0.1) is 0 Å². The Balaban J connectivity index is 1.97. The van der Waals surface area contributed by atoms with Crippen molar-refractivity contribution in [2.24, 2.45) is 0 Å². The molecule has 106 valence electrons. The molecule has 0 fully saturated rings. The van der Waals surface area contributed by atoms with Gasteiger partial charge in [-0.2, -0.15) is 13.2 Å². The molecule has 21 heavy (non-hydrogen) atoms. The predicted molar refractivity (Wildman–Crippen MR) is 73.9 cm³/mol. The van der Waals surface area contributed by atoms with Crippen molar-refractivity contribution < 1.29 is 13.2 Å². The van der Waals surface area contributed by atoms with Gasteiger partial charge in [-0.3, -0.25) is 0 Å². The van der Waals surface area contributed by atoms with E-state index in [4.69, 9.17) is 0 Å². The van der Waals surface area contributed by atoms with Crippen LogP contribution in [0.5, 0.6) is 0 Å². The number of aryl methyl sites for hydroxylation is 2. The van der Waals surface area contributed by atoms with E-state index in [1.165, 1.54) is 11.6 Å². The van der Waals surface area contributed by atoms with Crippen LogP contribution in [0.3, 0.4) is 0 Å². The molecule has 0 saturated heterocycles. The van der Waals surface area contributed by atoms with Gasteiger partial charge in [-0.05, 0) is 30.2 Å². The number of rotatable bonds is 0. The molecule has 0 atom stereocenters. The molecule has 2 nitrogen and oxygen atoms in total. The van der Waals surface area contributed by atoms with Crippen molar-refractivity contribution >= 4 is 11.0 Å². The van der Waals surface area contributed by atoms with Gasteiger partial charge in [-0.15, -0.1) is 0 Å². The van der Waals surface area contributed by atoms with Gasteiger partial charge in [0.05, 0.1) is 16.6 Å². The molecule has 0 amide bonds. The Morgan fingerprint density at radius 3 is 2.67 bits per heavy atom. The summed E-state index contributed by atoms with van der Waals surface area (Å²) in [6, 6.07) is 11.7. The Hall–Kier alpha value is -2.30. The Labute approximate surface area is 118 Å². The highest BCUT2D eigenvalue weighted by molar-refractivity contribution is 5.82. The summed E-state index contributed by atoms with van der Waals surface area (Å²) in [5.74, 6) is 0.756. The zero-order valence-corrected chi connectivity index (χ0v) is 11.0. The van der Waals surface area contributed by atoms with Gasteiger partial charge in [0.1, 0.15) is 5.82 Å². The molecule has 1 aliphatic rings. The summed E-state index contributed by atoms with van der Waals surface area (Å²) < 4.78 is 40.4. The topological polar surface area (TPSA) is 17.8 Å². The van der Waals surface area contributed by atoms with E-state index in [1.807, 2.05) is 28.8 Å². The number of imidazole rings is 1. The van der Waals surface area contributed by atoms with Crippen LogP contribution in [0.4, 0.5) is 13.2 Å². The fourth-order valence-electron chi connectivity index (χ4n) is 2.93. The monoisotopic (exact) mass is 288 g/mol. The molecule has 0 saturated carbocycles. The highest BCUT2D eigenvalue weighted by Crippen LogP contribution is 2.35. The fraction of sp³-hybridized carbons (Fsp3) is 0.188. The van der Waals surface area contributed by atoms with Gasteiger partial charge in [0.25, 0.3) is 0 Å². The van der Waals surface area contributed by atoms with E-state index in [1.54, 1.807) is 0 Å². The quantitative estimate of drug-likeness (QED) is 0.604. The maximum Gasteiger partial charge on any atom is 0.416 e. The van der Waals surface area contributed by atoms with Crippen molar-refractivity contribution in [1.82, 2.24) is 9.55 Å². The van der Waals surface area contributed by atoms with Gasteiger partial charge in [-0.1, -0.05) is 24.3 Å². The smallest absolute Gasteiger partial charge is 0.324 e. The van der Waals surface area contributed by atoms with Crippen molar-refractivity contribution in [2.75, 3.05) is 0 Å². The summed E-state index contributed by atoms with van der Waals surface area (Å²) in [4.78, 5) is 4.43. The molecule has 5 heteroatoms. The minimum atomic E-state index is -4.34. The van der Waals surface area contributed by atoms with E-state index in [0.717, 1.165) is 42.0 Å². The molecule has 1 aliphatic heterocycles. The third kappa shape index (κ3) is 1.84. The first-order chi connectivity index (χ1) is 10.0. The molecule has 2 aromatic carbocycles. The molecule has 2 heterocycles. The standard InChI is InChI=1S/C16H11F3N2/c17-16(18,19)11-5-6-14-13(9-11)20-15-12-4-2-1-3-10(12)7-8-21(14)15/h1-6,9H,7-8H2. The normalized spacial score (nSPS) is 14.0. The van der Waals surface area contributed by atoms with Crippen molar-refractivity contribution in [3.8, 4) is 11.4 Å². The number of aromatic nitrogens is 2. The Morgan fingerprint density at radius 1 is 1.05 bits per heavy atom. The van der Waals surface area contributed by atoms with Gasteiger partial charge in [0.2, 0.25) is 0 Å². The zero-order chi connectivity index (χ0) is 14.6. The summed E-state index contributed by atoms with van der Waals surface area (Å²) in [7, 11) is 0. The van der Waals surface area contributed by atoms with Crippen LogP contribution >= 0.6 is 0 Å². The molecular weight excluding hydrogens is 277 g/mol. The predicted octanol–water partition coefficient (Wildman–Crippen LogP) is 4.28. The summed E-state index contributed by atoms with van der Waals surface area (Å²) in [5, 5.41) is 0. The maximum absolute atomic E-state index is 12.8. The Bertz CT molecular complexity index is 846. The summed E-state index contributed by atoms with van der Waals surface area (Å²) >= 11 is 0. The average Bonchev–Trinajstić information content (AvgIpc) is 2.84.